The van der Waals surface area contributed by atoms with Gasteiger partial charge < -0.3 is 9.47 Å². The van der Waals surface area contributed by atoms with Gasteiger partial charge in [-0.05, 0) is 11.1 Å². The first-order chi connectivity index (χ1) is 11.2. The lowest BCUT2D eigenvalue weighted by molar-refractivity contribution is -0.150. The second-order valence-corrected chi connectivity index (χ2v) is 4.99. The quantitative estimate of drug-likeness (QED) is 0.242. The van der Waals surface area contributed by atoms with E-state index < -0.39 is 5.97 Å². The molecule has 0 saturated carbocycles. The van der Waals surface area contributed by atoms with Crippen molar-refractivity contribution in [1.29, 1.82) is 0 Å². The zero-order chi connectivity index (χ0) is 16.5. The molecule has 0 spiro atoms. The van der Waals surface area contributed by atoms with E-state index in [0.29, 0.717) is 12.2 Å². The van der Waals surface area contributed by atoms with Gasteiger partial charge in [0, 0.05) is 11.5 Å². The lowest BCUT2D eigenvalue weighted by Crippen LogP contribution is -2.16. The molecular weight excluding hydrogens is 288 g/mol. The van der Waals surface area contributed by atoms with Crippen LogP contribution in [0.25, 0.3) is 0 Å². The first-order valence-corrected chi connectivity index (χ1v) is 7.38. The predicted octanol–water partition coefficient (Wildman–Crippen LogP) is 4.08. The van der Waals surface area contributed by atoms with Gasteiger partial charge in [0.2, 0.25) is 0 Å². The lowest BCUT2D eigenvalue weighted by atomic mass is 9.85. The number of esters is 1. The summed E-state index contributed by atoms with van der Waals surface area (Å²) in [7, 11) is 0. The van der Waals surface area contributed by atoms with Crippen LogP contribution in [0.3, 0.4) is 0 Å². The molecule has 3 heteroatoms. The van der Waals surface area contributed by atoms with Crippen LogP contribution in [0.15, 0.2) is 85.5 Å². The molecule has 0 saturated heterocycles. The molecule has 0 aliphatic heterocycles. The molecule has 2 rings (SSSR count). The number of hydrogen-bond acceptors (Lipinski definition) is 3. The van der Waals surface area contributed by atoms with E-state index in [-0.39, 0.29) is 12.7 Å². The second kappa shape index (κ2) is 8.71. The highest BCUT2D eigenvalue weighted by Gasteiger charge is 2.23. The Morgan fingerprint density at radius 3 is 2.00 bits per heavy atom. The fourth-order valence-electron chi connectivity index (χ4n) is 2.32. The topological polar surface area (TPSA) is 35.5 Å². The van der Waals surface area contributed by atoms with Crippen LogP contribution in [0.5, 0.6) is 0 Å². The van der Waals surface area contributed by atoms with Crippen molar-refractivity contribution in [3.05, 3.63) is 96.6 Å². The molecule has 0 aliphatic rings. The molecule has 0 unspecified atom stereocenters. The van der Waals surface area contributed by atoms with E-state index in [2.05, 4.69) is 13.2 Å². The molecule has 2 aromatic carbocycles. The molecule has 0 radical (unpaired) electrons. The Kier molecular flexibility index (Phi) is 6.33. The molecular formula is C20H20O3. The Labute approximate surface area is 136 Å². The molecule has 0 fully saturated rings. The fraction of sp³-hybridized carbons (Fsp3) is 0.150. The Morgan fingerprint density at radius 1 is 1.00 bits per heavy atom. The van der Waals surface area contributed by atoms with Crippen molar-refractivity contribution < 1.29 is 14.3 Å². The normalized spacial score (nSPS) is 10.3. The third-order valence-electron chi connectivity index (χ3n) is 3.39. The maximum absolute atomic E-state index is 12.3. The number of ether oxygens (including phenoxy) is 2. The minimum absolute atomic E-state index is 0.111. The zero-order valence-corrected chi connectivity index (χ0v) is 13.0. The number of rotatable bonds is 8. The molecule has 23 heavy (non-hydrogen) atoms. The fourth-order valence-corrected chi connectivity index (χ4v) is 2.32. The van der Waals surface area contributed by atoms with Crippen molar-refractivity contribution in [1.82, 2.24) is 0 Å². The van der Waals surface area contributed by atoms with Crippen LogP contribution >= 0.6 is 0 Å². The minimum Gasteiger partial charge on any atom is -0.435 e. The van der Waals surface area contributed by atoms with Crippen molar-refractivity contribution in [3.63, 3.8) is 0 Å². The summed E-state index contributed by atoms with van der Waals surface area (Å²) in [6.07, 6.45) is 1.60. The summed E-state index contributed by atoms with van der Waals surface area (Å²) in [5.41, 5.74) is 2.37. The average molecular weight is 308 g/mol. The molecule has 3 nitrogen and oxygen atoms in total. The van der Waals surface area contributed by atoms with Crippen LogP contribution in [0.4, 0.5) is 0 Å². The van der Waals surface area contributed by atoms with Crippen molar-refractivity contribution in [3.8, 4) is 0 Å². The molecule has 0 heterocycles. The Morgan fingerprint density at radius 2 is 1.52 bits per heavy atom. The largest absolute Gasteiger partial charge is 0.435 e. The van der Waals surface area contributed by atoms with E-state index in [1.807, 2.05) is 60.7 Å². The molecule has 0 amide bonds. The number of benzene rings is 2. The van der Waals surface area contributed by atoms with Crippen LogP contribution in [0.1, 0.15) is 17.0 Å². The van der Waals surface area contributed by atoms with Gasteiger partial charge in [-0.3, -0.25) is 0 Å². The number of carbonyl (C=O) groups is 1. The van der Waals surface area contributed by atoms with E-state index in [4.69, 9.17) is 9.47 Å². The Balaban J connectivity index is 2.19. The number of carbonyl (C=O) groups excluding carboxylic acids is 1. The zero-order valence-electron chi connectivity index (χ0n) is 13.0. The summed E-state index contributed by atoms with van der Waals surface area (Å²) < 4.78 is 10.2. The summed E-state index contributed by atoms with van der Waals surface area (Å²) in [6.45, 7) is 7.72. The monoisotopic (exact) mass is 308 g/mol. The van der Waals surface area contributed by atoms with Gasteiger partial charge in [-0.1, -0.05) is 73.3 Å². The average Bonchev–Trinajstić information content (AvgIpc) is 2.60. The highest BCUT2D eigenvalue weighted by atomic mass is 16.7. The van der Waals surface area contributed by atoms with Crippen LogP contribution < -0.4 is 0 Å². The smallest absolute Gasteiger partial charge is 0.336 e. The maximum atomic E-state index is 12.3. The highest BCUT2D eigenvalue weighted by Crippen LogP contribution is 2.31. The summed E-state index contributed by atoms with van der Waals surface area (Å²) >= 11 is 0. The first-order valence-electron chi connectivity index (χ1n) is 7.38. The van der Waals surface area contributed by atoms with E-state index in [1.54, 1.807) is 6.08 Å². The predicted molar refractivity (Wildman–Crippen MR) is 91.0 cm³/mol. The van der Waals surface area contributed by atoms with Gasteiger partial charge in [0.05, 0.1) is 6.61 Å². The standard InChI is InChI=1S/C20H20O3/c1-3-14-22-15-23-20(21)16(2)19(17-10-6-4-7-11-17)18-12-8-5-9-13-18/h3-13,19H,1-2,14-15H2. The molecule has 0 aromatic heterocycles. The summed E-state index contributed by atoms with van der Waals surface area (Å²) in [6, 6.07) is 19.6. The van der Waals surface area contributed by atoms with Crippen molar-refractivity contribution in [2.75, 3.05) is 13.4 Å². The van der Waals surface area contributed by atoms with Gasteiger partial charge >= 0.3 is 5.97 Å². The van der Waals surface area contributed by atoms with Gasteiger partial charge in [-0.15, -0.1) is 6.58 Å². The molecule has 0 N–H and O–H groups in total. The van der Waals surface area contributed by atoms with Crippen molar-refractivity contribution >= 4 is 5.97 Å². The lowest BCUT2D eigenvalue weighted by Gasteiger charge is -2.19. The van der Waals surface area contributed by atoms with Gasteiger partial charge in [0.15, 0.2) is 6.79 Å². The SMILES string of the molecule is C=CCOCOC(=O)C(=C)C(c1ccccc1)c1ccccc1. The van der Waals surface area contributed by atoms with E-state index in [1.165, 1.54) is 0 Å². The third-order valence-corrected chi connectivity index (χ3v) is 3.39. The maximum Gasteiger partial charge on any atom is 0.336 e. The van der Waals surface area contributed by atoms with Crippen LogP contribution in [0, 0.1) is 0 Å². The molecule has 0 atom stereocenters. The molecule has 118 valence electrons. The van der Waals surface area contributed by atoms with Crippen molar-refractivity contribution in [2.45, 2.75) is 5.92 Å². The summed E-state index contributed by atoms with van der Waals surface area (Å²) in [5.74, 6) is -0.712. The third kappa shape index (κ3) is 4.66. The summed E-state index contributed by atoms with van der Waals surface area (Å²) in [4.78, 5) is 12.3. The van der Waals surface area contributed by atoms with E-state index in [9.17, 15) is 4.79 Å². The van der Waals surface area contributed by atoms with E-state index in [0.717, 1.165) is 11.1 Å². The van der Waals surface area contributed by atoms with Crippen LogP contribution in [-0.2, 0) is 14.3 Å². The van der Waals surface area contributed by atoms with Crippen molar-refractivity contribution in [2.24, 2.45) is 0 Å². The number of hydrogen-bond donors (Lipinski definition) is 0. The molecule has 0 bridgehead atoms. The Bertz CT molecular complexity index is 608. The Hall–Kier alpha value is -2.65. The van der Waals surface area contributed by atoms with Gasteiger partial charge in [0.25, 0.3) is 0 Å². The van der Waals surface area contributed by atoms with E-state index >= 15 is 0 Å². The van der Waals surface area contributed by atoms with Gasteiger partial charge in [-0.25, -0.2) is 4.79 Å². The van der Waals surface area contributed by atoms with Crippen LogP contribution in [0.2, 0.25) is 0 Å². The highest BCUT2D eigenvalue weighted by molar-refractivity contribution is 5.90. The van der Waals surface area contributed by atoms with Gasteiger partial charge in [-0.2, -0.15) is 0 Å². The molecule has 0 aliphatic carbocycles. The van der Waals surface area contributed by atoms with Gasteiger partial charge in [0.1, 0.15) is 0 Å². The second-order valence-electron chi connectivity index (χ2n) is 4.99. The minimum atomic E-state index is -0.466. The first kappa shape index (κ1) is 16.7. The summed E-state index contributed by atoms with van der Waals surface area (Å²) in [5, 5.41) is 0. The van der Waals surface area contributed by atoms with Crippen LogP contribution in [-0.4, -0.2) is 19.4 Å². The molecule has 2 aromatic rings.